The number of ketones is 1. The second kappa shape index (κ2) is 15.0. The quantitative estimate of drug-likeness (QED) is 0.315. The molecule has 0 spiro atoms. The third-order valence-corrected chi connectivity index (χ3v) is 12.9. The number of nitrogens with one attached hydrogen (secondary N) is 1. The predicted octanol–water partition coefficient (Wildman–Crippen LogP) is 5.99. The molecule has 0 aromatic carbocycles. The molecule has 2 bridgehead atoms. The standard InChI is InChI=1S/C34H49N3O7Si/c1-22(2)31-24(4)14-15-29(39)35-16-10-12-23(3)18-25(38)19-26(44-45(8,9)34(5,6)7)20-30-36-27(21-42-30)32(40)37-17-11-13-28(37)33(41)43-31/h10,12,14-15,18,20-22,24,28,31H,11,13,16-17,19H2,1-9H3,(H,35,39)/b12-10+,15-14+,23-18+,26-20-/t24-,28-,31?/m1/s1. The summed E-state index contributed by atoms with van der Waals surface area (Å²) in [6.45, 7) is 18.7. The van der Waals surface area contributed by atoms with Crippen LogP contribution in [0.2, 0.25) is 18.1 Å². The number of allylic oxidation sites excluding steroid dienone is 4. The molecule has 3 atom stereocenters. The van der Waals surface area contributed by atoms with E-state index in [4.69, 9.17) is 13.6 Å². The lowest BCUT2D eigenvalue weighted by molar-refractivity contribution is -0.158. The number of ether oxygens (including phenoxy) is 1. The first-order chi connectivity index (χ1) is 21.0. The van der Waals surface area contributed by atoms with Crippen LogP contribution < -0.4 is 5.32 Å². The minimum atomic E-state index is -2.35. The Labute approximate surface area is 268 Å². The topological polar surface area (TPSA) is 128 Å². The number of rotatable bonds is 3. The molecule has 3 rings (SSSR count). The molecule has 1 N–H and O–H groups in total. The fraction of sp³-hybridized carbons (Fsp3) is 0.559. The molecule has 1 fully saturated rings. The van der Waals surface area contributed by atoms with Crippen LogP contribution in [0.5, 0.6) is 0 Å². The zero-order chi connectivity index (χ0) is 33.5. The highest BCUT2D eigenvalue weighted by Crippen LogP contribution is 2.38. The summed E-state index contributed by atoms with van der Waals surface area (Å²) < 4.78 is 18.1. The summed E-state index contributed by atoms with van der Waals surface area (Å²) in [5, 5.41) is 2.67. The molecule has 0 saturated carbocycles. The van der Waals surface area contributed by atoms with Crippen LogP contribution in [0.15, 0.2) is 52.4 Å². The van der Waals surface area contributed by atoms with Crippen molar-refractivity contribution in [2.75, 3.05) is 13.1 Å². The maximum absolute atomic E-state index is 13.5. The molecule has 0 radical (unpaired) electrons. The molecule has 2 amide bonds. The highest BCUT2D eigenvalue weighted by atomic mass is 28.4. The molecule has 1 saturated heterocycles. The summed E-state index contributed by atoms with van der Waals surface area (Å²) >= 11 is 0. The first-order valence-corrected chi connectivity index (χ1v) is 18.6. The normalized spacial score (nSPS) is 27.1. The zero-order valence-electron chi connectivity index (χ0n) is 28.1. The Bertz CT molecular complexity index is 1380. The van der Waals surface area contributed by atoms with Crippen molar-refractivity contribution in [3.8, 4) is 0 Å². The van der Waals surface area contributed by atoms with Gasteiger partial charge in [0.2, 0.25) is 20.1 Å². The maximum atomic E-state index is 13.5. The highest BCUT2D eigenvalue weighted by Gasteiger charge is 2.40. The Morgan fingerprint density at radius 2 is 1.82 bits per heavy atom. The SMILES string of the molecule is CC1=C\C(=O)C/C(O[Si](C)(C)C(C)(C)C)=C/c2nc(co2)C(=O)N2CCC[C@@H]2C(=O)OC(C(C)C)[C@H](C)/C=C/C(=O)NC\C=C\1. The largest absolute Gasteiger partial charge is 0.546 e. The monoisotopic (exact) mass is 639 g/mol. The van der Waals surface area contributed by atoms with Crippen molar-refractivity contribution in [3.05, 3.63) is 59.6 Å². The third-order valence-electron chi connectivity index (χ3n) is 8.49. The van der Waals surface area contributed by atoms with Crippen molar-refractivity contribution in [3.63, 3.8) is 0 Å². The van der Waals surface area contributed by atoms with Crippen LogP contribution in [0, 0.1) is 11.8 Å². The van der Waals surface area contributed by atoms with Crippen molar-refractivity contribution >= 4 is 38.0 Å². The van der Waals surface area contributed by atoms with Crippen molar-refractivity contribution < 1.29 is 32.8 Å². The molecule has 1 aromatic rings. The van der Waals surface area contributed by atoms with Crippen LogP contribution in [0.25, 0.3) is 6.08 Å². The molecule has 3 heterocycles. The van der Waals surface area contributed by atoms with E-state index in [0.717, 1.165) is 0 Å². The van der Waals surface area contributed by atoms with Gasteiger partial charge in [0.1, 0.15) is 18.4 Å². The summed E-state index contributed by atoms with van der Waals surface area (Å²) in [7, 11) is -2.35. The van der Waals surface area contributed by atoms with E-state index < -0.39 is 32.3 Å². The number of carbonyl (C=O) groups is 4. The van der Waals surface area contributed by atoms with Gasteiger partial charge in [0.25, 0.3) is 5.91 Å². The number of carbonyl (C=O) groups excluding carboxylic acids is 4. The van der Waals surface area contributed by atoms with Crippen LogP contribution >= 0.6 is 0 Å². The average Bonchev–Trinajstić information content (AvgIpc) is 3.61. The lowest BCUT2D eigenvalue weighted by Gasteiger charge is -2.37. The number of hydrogen-bond acceptors (Lipinski definition) is 8. The number of esters is 1. The van der Waals surface area contributed by atoms with Crippen molar-refractivity contribution in [2.45, 2.75) is 98.0 Å². The van der Waals surface area contributed by atoms with Gasteiger partial charge in [0.15, 0.2) is 11.5 Å². The maximum Gasteiger partial charge on any atom is 0.329 e. The van der Waals surface area contributed by atoms with Crippen LogP contribution in [-0.4, -0.2) is 67.0 Å². The number of fused-ring (bicyclic) bond motifs is 3. The van der Waals surface area contributed by atoms with Gasteiger partial charge in [0.05, 0.1) is 12.2 Å². The van der Waals surface area contributed by atoms with Gasteiger partial charge in [-0.05, 0) is 61.5 Å². The first-order valence-electron chi connectivity index (χ1n) is 15.7. The number of hydrogen-bond donors (Lipinski definition) is 1. The molecule has 2 aliphatic rings. The van der Waals surface area contributed by atoms with Crippen LogP contribution in [0.3, 0.4) is 0 Å². The van der Waals surface area contributed by atoms with Crippen LogP contribution in [0.4, 0.5) is 0 Å². The summed E-state index contributed by atoms with van der Waals surface area (Å²) in [6, 6.07) is -0.757. The fourth-order valence-corrected chi connectivity index (χ4v) is 6.08. The van der Waals surface area contributed by atoms with E-state index in [1.807, 2.05) is 27.7 Å². The molecule has 10 nitrogen and oxygen atoms in total. The predicted molar refractivity (Wildman–Crippen MR) is 175 cm³/mol. The Morgan fingerprint density at radius 1 is 1.11 bits per heavy atom. The highest BCUT2D eigenvalue weighted by molar-refractivity contribution is 6.74. The third kappa shape index (κ3) is 9.88. The van der Waals surface area contributed by atoms with Gasteiger partial charge in [-0.25, -0.2) is 9.78 Å². The Balaban J connectivity index is 2.00. The van der Waals surface area contributed by atoms with E-state index in [1.54, 1.807) is 24.3 Å². The summed E-state index contributed by atoms with van der Waals surface area (Å²) in [6.07, 6.45) is 11.7. The van der Waals surface area contributed by atoms with Gasteiger partial charge < -0.3 is 23.8 Å². The van der Waals surface area contributed by atoms with Gasteiger partial charge in [-0.15, -0.1) is 0 Å². The summed E-state index contributed by atoms with van der Waals surface area (Å²) in [4.78, 5) is 58.4. The molecule has 2 aliphatic heterocycles. The van der Waals surface area contributed by atoms with E-state index in [1.165, 1.54) is 23.3 Å². The lowest BCUT2D eigenvalue weighted by Crippen LogP contribution is -2.44. The van der Waals surface area contributed by atoms with Crippen molar-refractivity contribution in [2.24, 2.45) is 11.8 Å². The van der Waals surface area contributed by atoms with E-state index >= 15 is 0 Å². The molecular formula is C34H49N3O7Si. The number of amides is 2. The number of aromatic nitrogens is 1. The van der Waals surface area contributed by atoms with Gasteiger partial charge in [-0.2, -0.15) is 0 Å². The van der Waals surface area contributed by atoms with Gasteiger partial charge in [0, 0.05) is 25.1 Å². The molecule has 1 unspecified atom stereocenters. The average molecular weight is 640 g/mol. The van der Waals surface area contributed by atoms with Crippen LogP contribution in [0.1, 0.15) is 84.1 Å². The molecule has 0 aliphatic carbocycles. The summed E-state index contributed by atoms with van der Waals surface area (Å²) in [5.41, 5.74) is 0.773. The van der Waals surface area contributed by atoms with Crippen molar-refractivity contribution in [1.29, 1.82) is 0 Å². The van der Waals surface area contributed by atoms with Crippen LogP contribution in [-0.2, 0) is 23.5 Å². The number of nitrogens with zero attached hydrogens (tertiary/aromatic N) is 2. The second-order valence-electron chi connectivity index (χ2n) is 13.7. The second-order valence-corrected chi connectivity index (χ2v) is 18.5. The van der Waals surface area contributed by atoms with Gasteiger partial charge in [-0.3, -0.25) is 14.4 Å². The van der Waals surface area contributed by atoms with Gasteiger partial charge >= 0.3 is 5.97 Å². The van der Waals surface area contributed by atoms with E-state index in [2.05, 4.69) is 44.2 Å². The minimum Gasteiger partial charge on any atom is -0.546 e. The zero-order valence-corrected chi connectivity index (χ0v) is 29.1. The molecule has 246 valence electrons. The Hall–Kier alpha value is -3.73. The number of oxazole rings is 1. The fourth-order valence-electron chi connectivity index (χ4n) is 4.99. The molecule has 11 heteroatoms. The van der Waals surface area contributed by atoms with Gasteiger partial charge in [-0.1, -0.05) is 59.8 Å². The lowest BCUT2D eigenvalue weighted by atomic mass is 9.94. The molecule has 45 heavy (non-hydrogen) atoms. The van der Waals surface area contributed by atoms with Crippen molar-refractivity contribution in [1.82, 2.24) is 15.2 Å². The first kappa shape index (κ1) is 35.7. The smallest absolute Gasteiger partial charge is 0.329 e. The summed E-state index contributed by atoms with van der Waals surface area (Å²) in [5.74, 6) is -1.12. The van der Waals surface area contributed by atoms with E-state index in [9.17, 15) is 19.2 Å². The van der Waals surface area contributed by atoms with E-state index in [-0.39, 0.29) is 53.1 Å². The Kier molecular flexibility index (Phi) is 11.9. The number of cyclic esters (lactones) is 1. The Morgan fingerprint density at radius 3 is 2.49 bits per heavy atom. The minimum absolute atomic E-state index is 0.0234. The molecular weight excluding hydrogens is 590 g/mol. The molecule has 1 aromatic heterocycles. The van der Waals surface area contributed by atoms with E-state index in [0.29, 0.717) is 30.7 Å².